The monoisotopic (exact) mass is 391 g/mol. The molecule has 0 atom stereocenters. The molecule has 2 aromatic heterocycles. The van der Waals surface area contributed by atoms with Gasteiger partial charge in [-0.05, 0) is 31.2 Å². The molecular formula is C20H21N7O2. The average Bonchev–Trinajstić information content (AvgIpc) is 2.71. The number of pyridine rings is 1. The molecule has 0 radical (unpaired) electrons. The number of anilines is 4. The third kappa shape index (κ3) is 5.99. The zero-order valence-corrected chi connectivity index (χ0v) is 15.8. The van der Waals surface area contributed by atoms with Crippen LogP contribution >= 0.6 is 0 Å². The van der Waals surface area contributed by atoms with E-state index < -0.39 is 6.03 Å². The SMILES string of the molecule is CCNC(=O)Nc1ncc(CC(=O)Nc2cccnc2)c(Nc2ccccc2)n1. The molecule has 0 aliphatic rings. The fourth-order valence-electron chi connectivity index (χ4n) is 2.48. The number of nitrogens with one attached hydrogen (secondary N) is 4. The standard InChI is InChI=1S/C20H21N7O2/c1-2-22-20(29)27-19-23-12-14(11-17(28)24-16-9-6-10-21-13-16)18(26-19)25-15-7-4-3-5-8-15/h3-10,12-13H,2,11H2,1H3,(H,24,28)(H3,22,23,25,26,27,29). The zero-order valence-electron chi connectivity index (χ0n) is 15.8. The van der Waals surface area contributed by atoms with E-state index in [4.69, 9.17) is 0 Å². The van der Waals surface area contributed by atoms with Crippen LogP contribution in [0.25, 0.3) is 0 Å². The molecule has 3 rings (SSSR count). The van der Waals surface area contributed by atoms with Crippen molar-refractivity contribution in [2.24, 2.45) is 0 Å². The van der Waals surface area contributed by atoms with Gasteiger partial charge in [0.15, 0.2) is 0 Å². The van der Waals surface area contributed by atoms with Crippen LogP contribution in [0, 0.1) is 0 Å². The minimum Gasteiger partial charge on any atom is -0.340 e. The van der Waals surface area contributed by atoms with Crippen LogP contribution in [0.5, 0.6) is 0 Å². The smallest absolute Gasteiger partial charge is 0.321 e. The summed E-state index contributed by atoms with van der Waals surface area (Å²) in [7, 11) is 0. The van der Waals surface area contributed by atoms with E-state index in [2.05, 4.69) is 36.2 Å². The summed E-state index contributed by atoms with van der Waals surface area (Å²) in [4.78, 5) is 36.7. The molecule has 0 unspecified atom stereocenters. The molecule has 3 aromatic rings. The van der Waals surface area contributed by atoms with Gasteiger partial charge in [0.2, 0.25) is 11.9 Å². The van der Waals surface area contributed by atoms with Gasteiger partial charge in [-0.3, -0.25) is 15.1 Å². The fourth-order valence-corrected chi connectivity index (χ4v) is 2.48. The van der Waals surface area contributed by atoms with Gasteiger partial charge in [0.1, 0.15) is 5.82 Å². The van der Waals surface area contributed by atoms with E-state index in [1.54, 1.807) is 24.5 Å². The first-order valence-corrected chi connectivity index (χ1v) is 9.06. The summed E-state index contributed by atoms with van der Waals surface area (Å²) in [6, 6.07) is 12.5. The molecule has 1 aromatic carbocycles. The number of carbonyl (C=O) groups is 2. The van der Waals surface area contributed by atoms with Gasteiger partial charge in [0.05, 0.1) is 18.3 Å². The van der Waals surface area contributed by atoms with Crippen LogP contribution in [0.4, 0.5) is 27.9 Å². The molecule has 0 bridgehead atoms. The highest BCUT2D eigenvalue weighted by Crippen LogP contribution is 2.20. The molecule has 148 valence electrons. The van der Waals surface area contributed by atoms with E-state index in [1.807, 2.05) is 37.3 Å². The molecule has 0 aliphatic heterocycles. The van der Waals surface area contributed by atoms with Crippen molar-refractivity contribution in [3.8, 4) is 0 Å². The Hall–Kier alpha value is -4.01. The molecule has 9 nitrogen and oxygen atoms in total. The third-order valence-electron chi connectivity index (χ3n) is 3.76. The molecule has 0 aliphatic carbocycles. The molecule has 4 N–H and O–H groups in total. The predicted molar refractivity (Wildman–Crippen MR) is 111 cm³/mol. The summed E-state index contributed by atoms with van der Waals surface area (Å²) >= 11 is 0. The number of urea groups is 1. The van der Waals surface area contributed by atoms with Crippen LogP contribution in [-0.2, 0) is 11.2 Å². The number of amides is 3. The fraction of sp³-hybridized carbons (Fsp3) is 0.150. The third-order valence-corrected chi connectivity index (χ3v) is 3.76. The highest BCUT2D eigenvalue weighted by molar-refractivity contribution is 5.93. The first-order valence-electron chi connectivity index (χ1n) is 9.06. The van der Waals surface area contributed by atoms with E-state index in [1.165, 1.54) is 6.20 Å². The van der Waals surface area contributed by atoms with Gasteiger partial charge in [-0.25, -0.2) is 9.78 Å². The number of aromatic nitrogens is 3. The Labute approximate surface area is 168 Å². The number of para-hydroxylation sites is 1. The van der Waals surface area contributed by atoms with E-state index in [0.717, 1.165) is 5.69 Å². The van der Waals surface area contributed by atoms with Gasteiger partial charge in [0, 0.05) is 30.2 Å². The number of carbonyl (C=O) groups excluding carboxylic acids is 2. The maximum Gasteiger partial charge on any atom is 0.321 e. The van der Waals surface area contributed by atoms with Gasteiger partial charge in [-0.15, -0.1) is 0 Å². The first kappa shape index (κ1) is 19.7. The van der Waals surface area contributed by atoms with E-state index in [-0.39, 0.29) is 18.3 Å². The Kier molecular flexibility index (Phi) is 6.66. The van der Waals surface area contributed by atoms with Crippen molar-refractivity contribution in [1.82, 2.24) is 20.3 Å². The minimum absolute atomic E-state index is 0.0471. The van der Waals surface area contributed by atoms with Crippen molar-refractivity contribution in [1.29, 1.82) is 0 Å². The Balaban J connectivity index is 1.80. The second-order valence-electron chi connectivity index (χ2n) is 6.01. The van der Waals surface area contributed by atoms with Crippen molar-refractivity contribution in [3.63, 3.8) is 0 Å². The van der Waals surface area contributed by atoms with Gasteiger partial charge in [-0.2, -0.15) is 4.98 Å². The van der Waals surface area contributed by atoms with E-state index in [0.29, 0.717) is 23.6 Å². The average molecular weight is 391 g/mol. The van der Waals surface area contributed by atoms with Crippen LogP contribution in [0.3, 0.4) is 0 Å². The maximum absolute atomic E-state index is 12.4. The highest BCUT2D eigenvalue weighted by atomic mass is 16.2. The van der Waals surface area contributed by atoms with Crippen molar-refractivity contribution >= 4 is 35.1 Å². The second kappa shape index (κ2) is 9.79. The zero-order chi connectivity index (χ0) is 20.5. The van der Waals surface area contributed by atoms with Crippen molar-refractivity contribution in [2.45, 2.75) is 13.3 Å². The molecule has 0 fully saturated rings. The van der Waals surface area contributed by atoms with Crippen molar-refractivity contribution in [3.05, 3.63) is 66.6 Å². The molecule has 0 spiro atoms. The minimum atomic E-state index is -0.403. The first-order chi connectivity index (χ1) is 14.1. The highest BCUT2D eigenvalue weighted by Gasteiger charge is 2.13. The normalized spacial score (nSPS) is 10.1. The Morgan fingerprint density at radius 3 is 2.48 bits per heavy atom. The number of benzene rings is 1. The Bertz CT molecular complexity index is 965. The van der Waals surface area contributed by atoms with E-state index in [9.17, 15) is 9.59 Å². The summed E-state index contributed by atoms with van der Waals surface area (Å²) in [6.07, 6.45) is 4.76. The van der Waals surface area contributed by atoms with Crippen LogP contribution in [-0.4, -0.2) is 33.4 Å². The number of rotatable bonds is 7. The summed E-state index contributed by atoms with van der Waals surface area (Å²) in [5.74, 6) is 0.326. The van der Waals surface area contributed by atoms with Gasteiger partial charge >= 0.3 is 6.03 Å². The summed E-state index contributed by atoms with van der Waals surface area (Å²) in [5, 5.41) is 11.1. The van der Waals surface area contributed by atoms with Crippen molar-refractivity contribution < 1.29 is 9.59 Å². The van der Waals surface area contributed by atoms with Crippen molar-refractivity contribution in [2.75, 3.05) is 22.5 Å². The lowest BCUT2D eigenvalue weighted by Crippen LogP contribution is -2.29. The topological polar surface area (TPSA) is 121 Å². The lowest BCUT2D eigenvalue weighted by Gasteiger charge is -2.13. The lowest BCUT2D eigenvalue weighted by molar-refractivity contribution is -0.115. The van der Waals surface area contributed by atoms with Crippen LogP contribution in [0.1, 0.15) is 12.5 Å². The maximum atomic E-state index is 12.4. The van der Waals surface area contributed by atoms with Gasteiger partial charge in [0.25, 0.3) is 0 Å². The largest absolute Gasteiger partial charge is 0.340 e. The van der Waals surface area contributed by atoms with Crippen LogP contribution in [0.2, 0.25) is 0 Å². The number of hydrogen-bond acceptors (Lipinski definition) is 6. The summed E-state index contributed by atoms with van der Waals surface area (Å²) < 4.78 is 0. The molecule has 2 heterocycles. The quantitative estimate of drug-likeness (QED) is 0.491. The number of hydrogen-bond donors (Lipinski definition) is 4. The molecule has 0 saturated carbocycles. The lowest BCUT2D eigenvalue weighted by atomic mass is 10.2. The van der Waals surface area contributed by atoms with Gasteiger partial charge in [-0.1, -0.05) is 18.2 Å². The number of nitrogens with zero attached hydrogens (tertiary/aromatic N) is 3. The van der Waals surface area contributed by atoms with E-state index >= 15 is 0 Å². The molecular weight excluding hydrogens is 370 g/mol. The predicted octanol–water partition coefficient (Wildman–Crippen LogP) is 2.94. The Morgan fingerprint density at radius 1 is 0.966 bits per heavy atom. The summed E-state index contributed by atoms with van der Waals surface area (Å²) in [6.45, 7) is 2.29. The molecule has 0 saturated heterocycles. The molecule has 9 heteroatoms. The second-order valence-corrected chi connectivity index (χ2v) is 6.01. The summed E-state index contributed by atoms with van der Waals surface area (Å²) in [5.41, 5.74) is 1.98. The molecule has 3 amide bonds. The Morgan fingerprint density at radius 2 is 1.76 bits per heavy atom. The van der Waals surface area contributed by atoms with Gasteiger partial charge < -0.3 is 16.0 Å². The van der Waals surface area contributed by atoms with Crippen LogP contribution in [0.15, 0.2) is 61.1 Å². The molecule has 29 heavy (non-hydrogen) atoms. The van der Waals surface area contributed by atoms with Crippen LogP contribution < -0.4 is 21.3 Å².